The maximum Gasteiger partial charge on any atom is 0.107 e. The van der Waals surface area contributed by atoms with Crippen LogP contribution in [0.25, 0.3) is 10.8 Å². The van der Waals surface area contributed by atoms with Crippen LogP contribution in [-0.2, 0) is 0 Å². The van der Waals surface area contributed by atoms with Gasteiger partial charge < -0.3 is 10.8 Å². The first-order chi connectivity index (χ1) is 9.66. The molecule has 20 heavy (non-hydrogen) atoms. The van der Waals surface area contributed by atoms with Crippen molar-refractivity contribution in [2.75, 3.05) is 5.73 Å². The molecule has 0 aliphatic rings. The molecule has 0 saturated carbocycles. The van der Waals surface area contributed by atoms with Crippen molar-refractivity contribution >= 4 is 32.4 Å². The molecule has 100 valence electrons. The summed E-state index contributed by atoms with van der Waals surface area (Å²) in [7, 11) is 0. The van der Waals surface area contributed by atoms with E-state index in [2.05, 4.69) is 20.9 Å². The van der Waals surface area contributed by atoms with E-state index in [9.17, 15) is 5.11 Å². The Labute approximate surface area is 125 Å². The second-order valence-corrected chi connectivity index (χ2v) is 5.54. The SMILES string of the molecule is Nc1ccc(Br)cc1C(O)c1cccc2cnccc12. The van der Waals surface area contributed by atoms with E-state index in [4.69, 9.17) is 5.73 Å². The lowest BCUT2D eigenvalue weighted by Crippen LogP contribution is -2.04. The van der Waals surface area contributed by atoms with Gasteiger partial charge in [-0.15, -0.1) is 0 Å². The van der Waals surface area contributed by atoms with Gasteiger partial charge in [0, 0.05) is 33.5 Å². The maximum atomic E-state index is 10.7. The minimum atomic E-state index is -0.765. The van der Waals surface area contributed by atoms with Gasteiger partial charge in [0.1, 0.15) is 6.10 Å². The molecule has 0 fully saturated rings. The monoisotopic (exact) mass is 328 g/mol. The van der Waals surface area contributed by atoms with E-state index in [1.165, 1.54) is 0 Å². The Bertz CT molecular complexity index is 768. The normalized spacial score (nSPS) is 12.5. The van der Waals surface area contributed by atoms with Crippen molar-refractivity contribution in [3.8, 4) is 0 Å². The molecule has 0 saturated heterocycles. The lowest BCUT2D eigenvalue weighted by Gasteiger charge is -2.16. The fourth-order valence-corrected chi connectivity index (χ4v) is 2.71. The van der Waals surface area contributed by atoms with E-state index in [-0.39, 0.29) is 0 Å². The summed E-state index contributed by atoms with van der Waals surface area (Å²) in [5.41, 5.74) is 8.08. The summed E-state index contributed by atoms with van der Waals surface area (Å²) in [4.78, 5) is 4.10. The van der Waals surface area contributed by atoms with Crippen LogP contribution >= 0.6 is 15.9 Å². The Morgan fingerprint density at radius 1 is 1.10 bits per heavy atom. The topological polar surface area (TPSA) is 59.1 Å². The Morgan fingerprint density at radius 3 is 2.80 bits per heavy atom. The second kappa shape index (κ2) is 5.23. The van der Waals surface area contributed by atoms with Crippen molar-refractivity contribution < 1.29 is 5.11 Å². The van der Waals surface area contributed by atoms with Crippen LogP contribution in [0.1, 0.15) is 17.2 Å². The summed E-state index contributed by atoms with van der Waals surface area (Å²) in [6.45, 7) is 0. The Balaban J connectivity index is 2.17. The average molecular weight is 329 g/mol. The number of hydrogen-bond acceptors (Lipinski definition) is 3. The fraction of sp³-hybridized carbons (Fsp3) is 0.0625. The van der Waals surface area contributed by atoms with Gasteiger partial charge in [-0.05, 0) is 35.2 Å². The van der Waals surface area contributed by atoms with Crippen LogP contribution in [0, 0.1) is 0 Å². The van der Waals surface area contributed by atoms with Crippen molar-refractivity contribution in [2.24, 2.45) is 0 Å². The Morgan fingerprint density at radius 2 is 1.95 bits per heavy atom. The highest BCUT2D eigenvalue weighted by Gasteiger charge is 2.16. The van der Waals surface area contributed by atoms with Gasteiger partial charge in [0.2, 0.25) is 0 Å². The highest BCUT2D eigenvalue weighted by molar-refractivity contribution is 9.10. The molecule has 1 unspecified atom stereocenters. The number of nitrogens with zero attached hydrogens (tertiary/aromatic N) is 1. The fourth-order valence-electron chi connectivity index (χ4n) is 2.34. The van der Waals surface area contributed by atoms with Gasteiger partial charge in [-0.2, -0.15) is 0 Å². The molecule has 3 nitrogen and oxygen atoms in total. The number of fused-ring (bicyclic) bond motifs is 1. The largest absolute Gasteiger partial charge is 0.398 e. The van der Waals surface area contributed by atoms with Gasteiger partial charge in [-0.25, -0.2) is 0 Å². The first-order valence-corrected chi connectivity index (χ1v) is 7.02. The summed E-state index contributed by atoms with van der Waals surface area (Å²) in [5, 5.41) is 12.7. The third kappa shape index (κ3) is 2.28. The molecule has 1 heterocycles. The smallest absolute Gasteiger partial charge is 0.107 e. The molecular formula is C16H13BrN2O. The maximum absolute atomic E-state index is 10.7. The van der Waals surface area contributed by atoms with Crippen molar-refractivity contribution in [3.05, 3.63) is 70.5 Å². The number of halogens is 1. The number of hydrogen-bond donors (Lipinski definition) is 2. The molecule has 0 radical (unpaired) electrons. The molecule has 1 atom stereocenters. The number of aliphatic hydroxyl groups is 1. The van der Waals surface area contributed by atoms with Crippen LogP contribution in [0.3, 0.4) is 0 Å². The van der Waals surface area contributed by atoms with Crippen LogP contribution in [0.4, 0.5) is 5.69 Å². The van der Waals surface area contributed by atoms with Crippen LogP contribution in [0.2, 0.25) is 0 Å². The summed E-state index contributed by atoms with van der Waals surface area (Å²) in [6, 6.07) is 13.2. The molecule has 0 amide bonds. The number of nitrogen functional groups attached to an aromatic ring is 1. The lowest BCUT2D eigenvalue weighted by molar-refractivity contribution is 0.222. The highest BCUT2D eigenvalue weighted by Crippen LogP contribution is 2.32. The Hall–Kier alpha value is -1.91. The predicted octanol–water partition coefficient (Wildman–Crippen LogP) is 3.66. The third-order valence-electron chi connectivity index (χ3n) is 3.35. The third-order valence-corrected chi connectivity index (χ3v) is 3.85. The van der Waals surface area contributed by atoms with E-state index in [0.29, 0.717) is 11.3 Å². The van der Waals surface area contributed by atoms with Crippen molar-refractivity contribution in [1.29, 1.82) is 0 Å². The minimum absolute atomic E-state index is 0.576. The van der Waals surface area contributed by atoms with Crippen LogP contribution in [0.5, 0.6) is 0 Å². The van der Waals surface area contributed by atoms with E-state index in [1.54, 1.807) is 18.5 Å². The van der Waals surface area contributed by atoms with Gasteiger partial charge in [-0.3, -0.25) is 4.98 Å². The molecule has 0 aliphatic carbocycles. The number of aliphatic hydroxyl groups excluding tert-OH is 1. The zero-order valence-electron chi connectivity index (χ0n) is 10.6. The predicted molar refractivity (Wildman–Crippen MR) is 84.4 cm³/mol. The van der Waals surface area contributed by atoms with E-state index >= 15 is 0 Å². The van der Waals surface area contributed by atoms with Crippen LogP contribution in [-0.4, -0.2) is 10.1 Å². The van der Waals surface area contributed by atoms with Crippen molar-refractivity contribution in [1.82, 2.24) is 4.98 Å². The number of aromatic nitrogens is 1. The number of pyridine rings is 1. The molecule has 3 N–H and O–H groups in total. The van der Waals surface area contributed by atoms with E-state index in [0.717, 1.165) is 20.8 Å². The molecule has 0 bridgehead atoms. The summed E-state index contributed by atoms with van der Waals surface area (Å²) >= 11 is 3.41. The molecule has 3 aromatic rings. The van der Waals surface area contributed by atoms with E-state index < -0.39 is 6.10 Å². The molecular weight excluding hydrogens is 316 g/mol. The standard InChI is InChI=1S/C16H13BrN2O/c17-11-4-5-15(18)14(8-11)16(20)13-3-1-2-10-9-19-7-6-12(10)13/h1-9,16,20H,18H2. The van der Waals surface area contributed by atoms with Gasteiger partial charge in [0.15, 0.2) is 0 Å². The molecule has 0 spiro atoms. The van der Waals surface area contributed by atoms with Gasteiger partial charge >= 0.3 is 0 Å². The molecule has 2 aromatic carbocycles. The summed E-state index contributed by atoms with van der Waals surface area (Å²) in [5.74, 6) is 0. The Kier molecular flexibility index (Phi) is 3.42. The second-order valence-electron chi connectivity index (χ2n) is 4.62. The average Bonchev–Trinajstić information content (AvgIpc) is 2.48. The molecule has 4 heteroatoms. The molecule has 0 aliphatic heterocycles. The van der Waals surface area contributed by atoms with Crippen LogP contribution < -0.4 is 5.73 Å². The first-order valence-electron chi connectivity index (χ1n) is 6.22. The first kappa shape index (κ1) is 13.1. The number of anilines is 1. The summed E-state index contributed by atoms with van der Waals surface area (Å²) in [6.07, 6.45) is 2.75. The van der Waals surface area contributed by atoms with Crippen molar-refractivity contribution in [2.45, 2.75) is 6.10 Å². The van der Waals surface area contributed by atoms with Crippen LogP contribution in [0.15, 0.2) is 59.3 Å². The van der Waals surface area contributed by atoms with Gasteiger partial charge in [0.05, 0.1) is 0 Å². The summed E-state index contributed by atoms with van der Waals surface area (Å²) < 4.78 is 0.891. The van der Waals surface area contributed by atoms with Crippen molar-refractivity contribution in [3.63, 3.8) is 0 Å². The number of rotatable bonds is 2. The quantitative estimate of drug-likeness (QED) is 0.706. The number of nitrogens with two attached hydrogens (primary N) is 1. The highest BCUT2D eigenvalue weighted by atomic mass is 79.9. The minimum Gasteiger partial charge on any atom is -0.398 e. The zero-order valence-corrected chi connectivity index (χ0v) is 12.2. The molecule has 1 aromatic heterocycles. The van der Waals surface area contributed by atoms with Gasteiger partial charge in [-0.1, -0.05) is 34.1 Å². The van der Waals surface area contributed by atoms with E-state index in [1.807, 2.05) is 36.4 Å². The lowest BCUT2D eigenvalue weighted by atomic mass is 9.96. The van der Waals surface area contributed by atoms with Gasteiger partial charge in [0.25, 0.3) is 0 Å². The molecule has 3 rings (SSSR count). The zero-order chi connectivity index (χ0) is 14.1. The number of benzene rings is 2.